The summed E-state index contributed by atoms with van der Waals surface area (Å²) < 4.78 is 5.21. The minimum atomic E-state index is -0.292. The van der Waals surface area contributed by atoms with Crippen LogP contribution in [0.2, 0.25) is 0 Å². The van der Waals surface area contributed by atoms with Crippen LogP contribution in [-0.2, 0) is 9.53 Å². The summed E-state index contributed by atoms with van der Waals surface area (Å²) in [7, 11) is 0. The van der Waals surface area contributed by atoms with Crippen LogP contribution in [-0.4, -0.2) is 12.1 Å². The van der Waals surface area contributed by atoms with Crippen molar-refractivity contribution in [3.8, 4) is 0 Å². The van der Waals surface area contributed by atoms with Crippen molar-refractivity contribution in [3.63, 3.8) is 0 Å². The van der Waals surface area contributed by atoms with E-state index in [4.69, 9.17) is 4.74 Å². The maximum Gasteiger partial charge on any atom is 0.303 e. The van der Waals surface area contributed by atoms with Gasteiger partial charge in [-0.25, -0.2) is 0 Å². The molecule has 4 heteroatoms. The Morgan fingerprint density at radius 2 is 2.24 bits per heavy atom. The van der Waals surface area contributed by atoms with Crippen LogP contribution in [0, 0.1) is 4.91 Å². The van der Waals surface area contributed by atoms with E-state index in [1.807, 2.05) is 6.92 Å². The van der Waals surface area contributed by atoms with Gasteiger partial charge in [-0.3, -0.25) is 4.79 Å². The molecule has 1 fully saturated rings. The standard InChI is InChI=1S/C13H17NO3/c1-9(7-8-14-16)12-5-4-6-13(10(12)2)17-11(3)15/h7-8,13H,2,4-6H2,1,3H3/b8-7-,12-9-. The van der Waals surface area contributed by atoms with E-state index in [9.17, 15) is 9.70 Å². The van der Waals surface area contributed by atoms with E-state index in [0.717, 1.165) is 36.0 Å². The van der Waals surface area contributed by atoms with Crippen LogP contribution in [0.5, 0.6) is 0 Å². The first kappa shape index (κ1) is 13.4. The molecule has 0 amide bonds. The third-order valence-corrected chi connectivity index (χ3v) is 2.84. The maximum atomic E-state index is 11.0. The average Bonchev–Trinajstić information content (AvgIpc) is 2.28. The molecule has 1 atom stereocenters. The van der Waals surface area contributed by atoms with Gasteiger partial charge < -0.3 is 4.74 Å². The van der Waals surface area contributed by atoms with Crippen molar-refractivity contribution in [1.29, 1.82) is 0 Å². The van der Waals surface area contributed by atoms with Gasteiger partial charge in [0.2, 0.25) is 0 Å². The van der Waals surface area contributed by atoms with Crippen molar-refractivity contribution in [2.75, 3.05) is 0 Å². The second-order valence-corrected chi connectivity index (χ2v) is 4.10. The Morgan fingerprint density at radius 1 is 1.53 bits per heavy atom. The van der Waals surface area contributed by atoms with Crippen molar-refractivity contribution in [1.82, 2.24) is 0 Å². The number of hydrogen-bond acceptors (Lipinski definition) is 4. The highest BCUT2D eigenvalue weighted by Crippen LogP contribution is 2.32. The molecule has 1 unspecified atom stereocenters. The van der Waals surface area contributed by atoms with Crippen molar-refractivity contribution in [2.24, 2.45) is 5.18 Å². The van der Waals surface area contributed by atoms with Gasteiger partial charge in [-0.1, -0.05) is 6.58 Å². The molecule has 1 rings (SSSR count). The van der Waals surface area contributed by atoms with E-state index >= 15 is 0 Å². The first-order valence-corrected chi connectivity index (χ1v) is 5.61. The van der Waals surface area contributed by atoms with E-state index in [2.05, 4.69) is 11.8 Å². The Labute approximate surface area is 101 Å². The largest absolute Gasteiger partial charge is 0.458 e. The first-order chi connectivity index (χ1) is 8.06. The Kier molecular flexibility index (Phi) is 4.82. The molecule has 17 heavy (non-hydrogen) atoms. The predicted octanol–water partition coefficient (Wildman–Crippen LogP) is 3.25. The van der Waals surface area contributed by atoms with Gasteiger partial charge >= 0.3 is 5.97 Å². The number of esters is 1. The Hall–Kier alpha value is -1.71. The summed E-state index contributed by atoms with van der Waals surface area (Å²) in [5.41, 5.74) is 2.84. The van der Waals surface area contributed by atoms with Crippen molar-refractivity contribution >= 4 is 5.97 Å². The highest BCUT2D eigenvalue weighted by molar-refractivity contribution is 5.66. The molecule has 1 aliphatic rings. The number of ether oxygens (including phenoxy) is 1. The highest BCUT2D eigenvalue weighted by Gasteiger charge is 2.24. The quantitative estimate of drug-likeness (QED) is 0.557. The number of nitrogens with zero attached hydrogens (tertiary/aromatic N) is 1. The number of nitroso groups, excluding NO2 is 1. The van der Waals surface area contributed by atoms with Crippen molar-refractivity contribution in [3.05, 3.63) is 40.5 Å². The van der Waals surface area contributed by atoms with E-state index in [-0.39, 0.29) is 12.1 Å². The van der Waals surface area contributed by atoms with Gasteiger partial charge in [-0.15, -0.1) is 4.91 Å². The third kappa shape index (κ3) is 3.66. The lowest BCUT2D eigenvalue weighted by atomic mass is 9.85. The lowest BCUT2D eigenvalue weighted by Crippen LogP contribution is -2.23. The summed E-state index contributed by atoms with van der Waals surface area (Å²) in [6.45, 7) is 7.28. The molecule has 4 nitrogen and oxygen atoms in total. The normalized spacial score (nSPS) is 23.6. The summed E-state index contributed by atoms with van der Waals surface area (Å²) in [5.74, 6) is -0.292. The minimum Gasteiger partial charge on any atom is -0.458 e. The van der Waals surface area contributed by atoms with Crippen LogP contribution in [0.3, 0.4) is 0 Å². The van der Waals surface area contributed by atoms with Crippen LogP contribution in [0.15, 0.2) is 40.8 Å². The monoisotopic (exact) mass is 235 g/mol. The zero-order valence-corrected chi connectivity index (χ0v) is 10.2. The molecular formula is C13H17NO3. The van der Waals surface area contributed by atoms with Crippen LogP contribution in [0.25, 0.3) is 0 Å². The topological polar surface area (TPSA) is 55.7 Å². The van der Waals surface area contributed by atoms with E-state index in [0.29, 0.717) is 0 Å². The van der Waals surface area contributed by atoms with Crippen LogP contribution >= 0.6 is 0 Å². The molecule has 0 bridgehead atoms. The Morgan fingerprint density at radius 3 is 2.82 bits per heavy atom. The van der Waals surface area contributed by atoms with Crippen molar-refractivity contribution in [2.45, 2.75) is 39.2 Å². The molecule has 0 aliphatic heterocycles. The number of carbonyl (C=O) groups excluding carboxylic acids is 1. The lowest BCUT2D eigenvalue weighted by molar-refractivity contribution is -0.145. The third-order valence-electron chi connectivity index (χ3n) is 2.84. The van der Waals surface area contributed by atoms with Crippen LogP contribution in [0.1, 0.15) is 33.1 Å². The number of hydrogen-bond donors (Lipinski definition) is 0. The first-order valence-electron chi connectivity index (χ1n) is 5.61. The second-order valence-electron chi connectivity index (χ2n) is 4.10. The van der Waals surface area contributed by atoms with E-state index < -0.39 is 0 Å². The molecular weight excluding hydrogens is 218 g/mol. The molecule has 0 aromatic carbocycles. The average molecular weight is 235 g/mol. The number of carbonyl (C=O) groups is 1. The summed E-state index contributed by atoms with van der Waals surface area (Å²) >= 11 is 0. The number of allylic oxidation sites excluding steroid dienone is 2. The summed E-state index contributed by atoms with van der Waals surface area (Å²) in [4.78, 5) is 21.0. The second kappa shape index (κ2) is 6.13. The fraction of sp³-hybridized carbons (Fsp3) is 0.462. The Balaban J connectivity index is 2.87. The zero-order chi connectivity index (χ0) is 12.8. The van der Waals surface area contributed by atoms with Gasteiger partial charge in [-0.2, -0.15) is 0 Å². The van der Waals surface area contributed by atoms with E-state index in [1.165, 1.54) is 13.1 Å². The molecule has 0 N–H and O–H groups in total. The summed E-state index contributed by atoms with van der Waals surface area (Å²) in [5, 5.41) is 2.68. The molecule has 0 radical (unpaired) electrons. The summed E-state index contributed by atoms with van der Waals surface area (Å²) in [6.07, 6.45) is 5.29. The molecule has 0 saturated heterocycles. The highest BCUT2D eigenvalue weighted by atomic mass is 16.5. The molecule has 0 aromatic rings. The van der Waals surface area contributed by atoms with E-state index in [1.54, 1.807) is 6.08 Å². The zero-order valence-electron chi connectivity index (χ0n) is 10.2. The molecule has 0 heterocycles. The van der Waals surface area contributed by atoms with Gasteiger partial charge in [-0.05, 0) is 54.2 Å². The fourth-order valence-corrected chi connectivity index (χ4v) is 2.02. The number of rotatable bonds is 3. The van der Waals surface area contributed by atoms with Crippen LogP contribution < -0.4 is 0 Å². The lowest BCUT2D eigenvalue weighted by Gasteiger charge is -2.27. The van der Waals surface area contributed by atoms with Gasteiger partial charge in [0, 0.05) is 6.92 Å². The Bertz CT molecular complexity index is 393. The molecule has 92 valence electrons. The minimum absolute atomic E-state index is 0.233. The smallest absolute Gasteiger partial charge is 0.303 e. The molecule has 0 aromatic heterocycles. The summed E-state index contributed by atoms with van der Waals surface area (Å²) in [6, 6.07) is 0. The van der Waals surface area contributed by atoms with Gasteiger partial charge in [0.15, 0.2) is 0 Å². The SMILES string of the molecule is C=C1/C(=C(C)\C=C/N=O)CCCC1OC(C)=O. The predicted molar refractivity (Wildman–Crippen MR) is 66.2 cm³/mol. The molecule has 0 spiro atoms. The molecule has 1 aliphatic carbocycles. The van der Waals surface area contributed by atoms with Crippen LogP contribution in [0.4, 0.5) is 0 Å². The van der Waals surface area contributed by atoms with Gasteiger partial charge in [0.1, 0.15) is 6.10 Å². The van der Waals surface area contributed by atoms with Gasteiger partial charge in [0.25, 0.3) is 0 Å². The van der Waals surface area contributed by atoms with Crippen molar-refractivity contribution < 1.29 is 9.53 Å². The fourth-order valence-electron chi connectivity index (χ4n) is 2.02. The van der Waals surface area contributed by atoms with Gasteiger partial charge in [0.05, 0.1) is 6.20 Å². The molecule has 1 saturated carbocycles. The maximum absolute atomic E-state index is 11.0.